The van der Waals surface area contributed by atoms with Gasteiger partial charge in [0, 0.05) is 37.7 Å². The molecule has 1 aliphatic carbocycles. The first kappa shape index (κ1) is 22.3. The molecule has 1 fully saturated rings. The number of piperidine rings is 1. The van der Waals surface area contributed by atoms with Gasteiger partial charge < -0.3 is 14.4 Å². The molecule has 166 valence electrons. The lowest BCUT2D eigenvalue weighted by Gasteiger charge is -2.32. The van der Waals surface area contributed by atoms with Crippen LogP contribution in [0.2, 0.25) is 0 Å². The summed E-state index contributed by atoms with van der Waals surface area (Å²) in [6.45, 7) is 2.14. The molecule has 2 aromatic rings. The minimum Gasteiger partial charge on any atom is -0.442 e. The maximum absolute atomic E-state index is 12.2. The normalized spacial score (nSPS) is 21.1. The van der Waals surface area contributed by atoms with E-state index < -0.39 is 5.60 Å². The van der Waals surface area contributed by atoms with E-state index in [-0.39, 0.29) is 12.7 Å². The lowest BCUT2D eigenvalue weighted by molar-refractivity contribution is 0.0208. The van der Waals surface area contributed by atoms with Crippen LogP contribution < -0.4 is 0 Å². The van der Waals surface area contributed by atoms with E-state index in [0.29, 0.717) is 32.0 Å². The van der Waals surface area contributed by atoms with E-state index in [1.807, 2.05) is 35.7 Å². The Bertz CT molecular complexity index is 989. The van der Waals surface area contributed by atoms with Gasteiger partial charge in [0.1, 0.15) is 17.7 Å². The van der Waals surface area contributed by atoms with Crippen molar-refractivity contribution in [3.05, 3.63) is 70.7 Å². The number of nitrogens with zero attached hydrogens (tertiary/aromatic N) is 3. The highest BCUT2D eigenvalue weighted by molar-refractivity contribution is 7.09. The summed E-state index contributed by atoms with van der Waals surface area (Å²) in [5.41, 5.74) is 1.37. The van der Waals surface area contributed by atoms with E-state index in [1.165, 1.54) is 11.3 Å². The number of hydrogen-bond acceptors (Lipinski definition) is 6. The van der Waals surface area contributed by atoms with Crippen molar-refractivity contribution in [2.24, 2.45) is 5.92 Å². The molecule has 0 saturated carbocycles. The first-order chi connectivity index (χ1) is 15.7. The maximum atomic E-state index is 12.2. The third kappa shape index (κ3) is 5.64. The minimum absolute atomic E-state index is 0.231. The Balaban J connectivity index is 1.18. The minimum atomic E-state index is -0.890. The molecule has 1 aromatic heterocycles. The van der Waals surface area contributed by atoms with Crippen molar-refractivity contribution in [3.63, 3.8) is 0 Å². The zero-order chi connectivity index (χ0) is 22.2. The molecule has 1 amide bonds. The number of rotatable bonds is 7. The van der Waals surface area contributed by atoms with E-state index in [0.717, 1.165) is 35.4 Å². The Morgan fingerprint density at radius 1 is 1.28 bits per heavy atom. The number of carbonyl (C=O) groups is 1. The van der Waals surface area contributed by atoms with Gasteiger partial charge in [0.05, 0.1) is 0 Å². The summed E-state index contributed by atoms with van der Waals surface area (Å²) in [6, 6.07) is 12.5. The van der Waals surface area contributed by atoms with Gasteiger partial charge in [-0.3, -0.25) is 0 Å². The highest BCUT2D eigenvalue weighted by atomic mass is 32.1. The van der Waals surface area contributed by atoms with E-state index in [2.05, 4.69) is 29.3 Å². The first-order valence-corrected chi connectivity index (χ1v) is 11.9. The smallest absolute Gasteiger partial charge is 0.410 e. The van der Waals surface area contributed by atoms with Crippen LogP contribution in [0, 0.1) is 17.2 Å². The molecule has 1 atom stereocenters. The van der Waals surface area contributed by atoms with Crippen molar-refractivity contribution in [1.29, 1.82) is 5.26 Å². The molecular formula is C25H27N3O3S. The summed E-state index contributed by atoms with van der Waals surface area (Å²) in [6.07, 6.45) is 10.7. The third-order valence-electron chi connectivity index (χ3n) is 6.01. The summed E-state index contributed by atoms with van der Waals surface area (Å²) >= 11 is 1.48. The number of thiazole rings is 1. The number of benzene rings is 1. The molecule has 1 saturated heterocycles. The number of amides is 1. The number of carbonyl (C=O) groups excluding carboxylic acids is 1. The molecule has 2 heterocycles. The quantitative estimate of drug-likeness (QED) is 0.580. The standard InChI is InChI=1S/C25H27N3O3S/c26-19-25(11-6-22(7-12-25)21-4-2-1-3-5-21)31-16-10-20-8-14-28(15-9-20)24(29)30-18-23-27-13-17-32-23/h1-7,11,13,17,20H,8-10,12,14-16,18H2. The van der Waals surface area contributed by atoms with Crippen molar-refractivity contribution in [3.8, 4) is 6.07 Å². The second-order valence-corrected chi connectivity index (χ2v) is 9.09. The molecule has 1 unspecified atom stereocenters. The fourth-order valence-corrected chi connectivity index (χ4v) is 4.57. The van der Waals surface area contributed by atoms with E-state index in [9.17, 15) is 10.1 Å². The fourth-order valence-electron chi connectivity index (χ4n) is 4.04. The molecule has 0 radical (unpaired) electrons. The van der Waals surface area contributed by atoms with Crippen LogP contribution in [0.4, 0.5) is 4.79 Å². The van der Waals surface area contributed by atoms with Crippen LogP contribution in [0.1, 0.15) is 36.3 Å². The molecule has 0 bridgehead atoms. The van der Waals surface area contributed by atoms with Crippen LogP contribution in [-0.4, -0.2) is 41.3 Å². The van der Waals surface area contributed by atoms with Crippen LogP contribution >= 0.6 is 11.3 Å². The van der Waals surface area contributed by atoms with Crippen molar-refractivity contribution < 1.29 is 14.3 Å². The SMILES string of the molecule is N#CC1(OCCC2CCN(C(=O)OCc3nccs3)CC2)C=CC(c2ccccc2)=CC1. The van der Waals surface area contributed by atoms with Crippen LogP contribution in [0.25, 0.3) is 5.57 Å². The van der Waals surface area contributed by atoms with Gasteiger partial charge in [0.15, 0.2) is 5.60 Å². The molecule has 7 heteroatoms. The predicted octanol–water partition coefficient (Wildman–Crippen LogP) is 5.20. The molecule has 1 aromatic carbocycles. The number of allylic oxidation sites excluding steroid dienone is 2. The highest BCUT2D eigenvalue weighted by Crippen LogP contribution is 2.30. The third-order valence-corrected chi connectivity index (χ3v) is 6.77. The fraction of sp³-hybridized carbons (Fsp3) is 0.400. The number of likely N-dealkylation sites (tertiary alicyclic amines) is 1. The summed E-state index contributed by atoms with van der Waals surface area (Å²) in [4.78, 5) is 18.1. The Morgan fingerprint density at radius 3 is 2.75 bits per heavy atom. The monoisotopic (exact) mass is 449 g/mol. The first-order valence-electron chi connectivity index (χ1n) is 11.0. The van der Waals surface area contributed by atoms with E-state index in [1.54, 1.807) is 11.1 Å². The predicted molar refractivity (Wildman–Crippen MR) is 124 cm³/mol. The lowest BCUT2D eigenvalue weighted by Crippen LogP contribution is -2.39. The number of nitriles is 1. The molecule has 6 nitrogen and oxygen atoms in total. The lowest BCUT2D eigenvalue weighted by atomic mass is 9.90. The molecule has 4 rings (SSSR count). The summed E-state index contributed by atoms with van der Waals surface area (Å²) in [5, 5.41) is 12.4. The zero-order valence-electron chi connectivity index (χ0n) is 18.0. The van der Waals surface area contributed by atoms with Gasteiger partial charge in [-0.1, -0.05) is 42.5 Å². The summed E-state index contributed by atoms with van der Waals surface area (Å²) in [5.74, 6) is 0.483. The van der Waals surface area contributed by atoms with E-state index >= 15 is 0 Å². The second-order valence-electron chi connectivity index (χ2n) is 8.11. The van der Waals surface area contributed by atoms with Crippen molar-refractivity contribution in [1.82, 2.24) is 9.88 Å². The van der Waals surface area contributed by atoms with Crippen LogP contribution in [0.15, 0.2) is 60.1 Å². The number of aromatic nitrogens is 1. The van der Waals surface area contributed by atoms with Gasteiger partial charge in [-0.05, 0) is 42.4 Å². The van der Waals surface area contributed by atoms with Gasteiger partial charge in [0.2, 0.25) is 0 Å². The maximum Gasteiger partial charge on any atom is 0.410 e. The number of hydrogen-bond donors (Lipinski definition) is 0. The zero-order valence-corrected chi connectivity index (χ0v) is 18.8. The average molecular weight is 450 g/mol. The Kier molecular flexibility index (Phi) is 7.35. The summed E-state index contributed by atoms with van der Waals surface area (Å²) < 4.78 is 11.4. The molecule has 2 aliphatic rings. The Hall–Kier alpha value is -2.95. The van der Waals surface area contributed by atoms with Crippen molar-refractivity contribution in [2.75, 3.05) is 19.7 Å². The van der Waals surface area contributed by atoms with Crippen LogP contribution in [0.3, 0.4) is 0 Å². The molecule has 32 heavy (non-hydrogen) atoms. The molecule has 1 aliphatic heterocycles. The van der Waals surface area contributed by atoms with Gasteiger partial charge in [-0.15, -0.1) is 11.3 Å². The van der Waals surface area contributed by atoms with Gasteiger partial charge in [-0.25, -0.2) is 9.78 Å². The van der Waals surface area contributed by atoms with Crippen LogP contribution in [0.5, 0.6) is 0 Å². The highest BCUT2D eigenvalue weighted by Gasteiger charge is 2.30. The number of ether oxygens (including phenoxy) is 2. The molecular weight excluding hydrogens is 422 g/mol. The summed E-state index contributed by atoms with van der Waals surface area (Å²) in [7, 11) is 0. The largest absolute Gasteiger partial charge is 0.442 e. The average Bonchev–Trinajstić information content (AvgIpc) is 3.38. The molecule has 0 N–H and O–H groups in total. The van der Waals surface area contributed by atoms with E-state index in [4.69, 9.17) is 9.47 Å². The second kappa shape index (κ2) is 10.6. The molecule has 0 spiro atoms. The topological polar surface area (TPSA) is 75.5 Å². The van der Waals surface area contributed by atoms with Gasteiger partial charge >= 0.3 is 6.09 Å². The van der Waals surface area contributed by atoms with Gasteiger partial charge in [0.25, 0.3) is 0 Å². The van der Waals surface area contributed by atoms with Gasteiger partial charge in [-0.2, -0.15) is 5.26 Å². The Labute approximate surface area is 192 Å². The van der Waals surface area contributed by atoms with Crippen LogP contribution in [-0.2, 0) is 16.1 Å². The van der Waals surface area contributed by atoms with Crippen molar-refractivity contribution >= 4 is 23.0 Å². The van der Waals surface area contributed by atoms with Crippen molar-refractivity contribution in [2.45, 2.75) is 37.9 Å². The Morgan fingerprint density at radius 2 is 2.09 bits per heavy atom.